The van der Waals surface area contributed by atoms with Crippen LogP contribution >= 0.6 is 15.9 Å². The zero-order chi connectivity index (χ0) is 19.7. The summed E-state index contributed by atoms with van der Waals surface area (Å²) in [7, 11) is 0. The van der Waals surface area contributed by atoms with Crippen molar-refractivity contribution in [3.05, 3.63) is 28.2 Å². The third-order valence-electron chi connectivity index (χ3n) is 3.78. The Labute approximate surface area is 155 Å². The predicted octanol–water partition coefficient (Wildman–Crippen LogP) is 2.77. The van der Waals surface area contributed by atoms with E-state index in [9.17, 15) is 27.6 Å². The maximum Gasteiger partial charge on any atom is 0.471 e. The second-order valence-electron chi connectivity index (χ2n) is 5.39. The minimum absolute atomic E-state index is 0.144. The normalized spacial score (nSPS) is 15.4. The van der Waals surface area contributed by atoms with E-state index in [2.05, 4.69) is 15.9 Å². The monoisotopic (exact) mass is 437 g/mol. The van der Waals surface area contributed by atoms with Crippen molar-refractivity contribution in [2.75, 3.05) is 18.1 Å². The number of halogens is 4. The number of rotatable bonds is 4. The predicted molar refractivity (Wildman–Crippen MR) is 87.4 cm³/mol. The highest BCUT2D eigenvalue weighted by Gasteiger charge is 2.64. The first-order chi connectivity index (χ1) is 12.1. The van der Waals surface area contributed by atoms with E-state index in [4.69, 9.17) is 9.47 Å². The Morgan fingerprint density at radius 3 is 2.15 bits per heavy atom. The van der Waals surface area contributed by atoms with Crippen LogP contribution in [-0.4, -0.2) is 42.8 Å². The summed E-state index contributed by atoms with van der Waals surface area (Å²) in [5.74, 6) is -4.90. The molecule has 0 bridgehead atoms. The second-order valence-corrected chi connectivity index (χ2v) is 6.31. The molecule has 10 heteroatoms. The van der Waals surface area contributed by atoms with Crippen molar-refractivity contribution in [2.45, 2.75) is 32.0 Å². The number of carbonyl (C=O) groups is 3. The Morgan fingerprint density at radius 1 is 1.15 bits per heavy atom. The zero-order valence-corrected chi connectivity index (χ0v) is 15.4. The lowest BCUT2D eigenvalue weighted by Crippen LogP contribution is -2.64. The molecule has 0 radical (unpaired) electrons. The van der Waals surface area contributed by atoms with E-state index in [0.717, 1.165) is 0 Å². The number of amides is 1. The van der Waals surface area contributed by atoms with Crippen molar-refractivity contribution in [1.29, 1.82) is 0 Å². The van der Waals surface area contributed by atoms with Crippen molar-refractivity contribution in [1.82, 2.24) is 0 Å². The molecule has 1 aliphatic rings. The first kappa shape index (κ1) is 20.2. The number of carbonyl (C=O) groups excluding carboxylic acids is 3. The third kappa shape index (κ3) is 3.29. The molecule has 0 aromatic heterocycles. The molecule has 142 valence electrons. The number of nitrogens with zero attached hydrogens (tertiary/aromatic N) is 1. The number of benzene rings is 1. The van der Waals surface area contributed by atoms with Gasteiger partial charge in [0.25, 0.3) is 0 Å². The Balaban J connectivity index is 2.73. The summed E-state index contributed by atoms with van der Waals surface area (Å²) >= 11 is 3.18. The largest absolute Gasteiger partial charge is 0.471 e. The van der Waals surface area contributed by atoms with Gasteiger partial charge in [0, 0.05) is 16.6 Å². The lowest BCUT2D eigenvalue weighted by molar-refractivity contribution is -0.177. The number of ether oxygens (including phenoxy) is 2. The minimum atomic E-state index is -5.31. The van der Waals surface area contributed by atoms with E-state index in [1.165, 1.54) is 32.0 Å². The Morgan fingerprint density at radius 2 is 1.69 bits per heavy atom. The molecule has 0 atom stereocenters. The molecule has 0 spiro atoms. The lowest BCUT2D eigenvalue weighted by Gasteiger charge is -2.34. The fourth-order valence-corrected chi connectivity index (χ4v) is 3.20. The fraction of sp³-hybridized carbons (Fsp3) is 0.438. The van der Waals surface area contributed by atoms with Crippen LogP contribution < -0.4 is 4.90 Å². The number of alkyl halides is 3. The molecule has 0 fully saturated rings. The molecule has 0 unspecified atom stereocenters. The number of esters is 2. The Hall–Kier alpha value is -2.10. The smallest absolute Gasteiger partial charge is 0.464 e. The van der Waals surface area contributed by atoms with Gasteiger partial charge < -0.3 is 9.47 Å². The molecule has 6 nitrogen and oxygen atoms in total. The van der Waals surface area contributed by atoms with Gasteiger partial charge in [-0.15, -0.1) is 0 Å². The Bertz CT molecular complexity index is 732. The van der Waals surface area contributed by atoms with Gasteiger partial charge in [0.15, 0.2) is 0 Å². The molecule has 26 heavy (non-hydrogen) atoms. The third-order valence-corrected chi connectivity index (χ3v) is 4.28. The maximum absolute atomic E-state index is 13.2. The summed E-state index contributed by atoms with van der Waals surface area (Å²) in [4.78, 5) is 37.4. The summed E-state index contributed by atoms with van der Waals surface area (Å²) in [6, 6.07) is 4.07. The van der Waals surface area contributed by atoms with Gasteiger partial charge in [0.05, 0.1) is 13.2 Å². The topological polar surface area (TPSA) is 72.9 Å². The van der Waals surface area contributed by atoms with E-state index in [0.29, 0.717) is 4.47 Å². The second kappa shape index (κ2) is 7.26. The number of fused-ring (bicyclic) bond motifs is 1. The quantitative estimate of drug-likeness (QED) is 0.534. The molecule has 0 N–H and O–H groups in total. The van der Waals surface area contributed by atoms with E-state index >= 15 is 0 Å². The zero-order valence-electron chi connectivity index (χ0n) is 13.9. The van der Waals surface area contributed by atoms with Crippen molar-refractivity contribution >= 4 is 39.5 Å². The molecule has 0 saturated carbocycles. The van der Waals surface area contributed by atoms with Gasteiger partial charge in [-0.2, -0.15) is 13.2 Å². The van der Waals surface area contributed by atoms with Gasteiger partial charge in [-0.05, 0) is 37.6 Å². The van der Waals surface area contributed by atoms with Crippen LogP contribution in [0.5, 0.6) is 0 Å². The molecule has 1 heterocycles. The number of anilines is 1. The van der Waals surface area contributed by atoms with Gasteiger partial charge in [-0.3, -0.25) is 9.69 Å². The SMILES string of the molecule is CCOC(=O)C1(C(=O)OCC)Cc2cc(Br)ccc2N1C(=O)C(F)(F)F. The van der Waals surface area contributed by atoms with Crippen LogP contribution in [0.3, 0.4) is 0 Å². The summed E-state index contributed by atoms with van der Waals surface area (Å²) in [6.45, 7) is 2.50. The number of hydrogen-bond donors (Lipinski definition) is 0. The molecule has 1 aromatic rings. The highest BCUT2D eigenvalue weighted by Crippen LogP contribution is 2.44. The van der Waals surface area contributed by atoms with E-state index in [-0.39, 0.29) is 29.4 Å². The molecule has 1 amide bonds. The summed E-state index contributed by atoms with van der Waals surface area (Å²) in [5, 5.41) is 0. The van der Waals surface area contributed by atoms with E-state index < -0.39 is 36.0 Å². The standard InChI is InChI=1S/C16H15BrF3NO5/c1-3-25-13(23)15(14(24)26-4-2)8-9-7-10(17)5-6-11(9)21(15)12(22)16(18,19)20/h5-7H,3-4,8H2,1-2H3. The molecule has 0 saturated heterocycles. The summed E-state index contributed by atoms with van der Waals surface area (Å²) < 4.78 is 49.8. The van der Waals surface area contributed by atoms with Crippen LogP contribution in [0.2, 0.25) is 0 Å². The van der Waals surface area contributed by atoms with Crippen LogP contribution in [0.4, 0.5) is 18.9 Å². The van der Waals surface area contributed by atoms with Crippen LogP contribution in [0.1, 0.15) is 19.4 Å². The number of hydrogen-bond acceptors (Lipinski definition) is 5. The highest BCUT2D eigenvalue weighted by molar-refractivity contribution is 9.10. The molecule has 1 aliphatic heterocycles. The minimum Gasteiger partial charge on any atom is -0.464 e. The van der Waals surface area contributed by atoms with Gasteiger partial charge in [-0.1, -0.05) is 15.9 Å². The van der Waals surface area contributed by atoms with Gasteiger partial charge in [0.2, 0.25) is 5.54 Å². The average molecular weight is 438 g/mol. The highest BCUT2D eigenvalue weighted by atomic mass is 79.9. The van der Waals surface area contributed by atoms with E-state index in [1.54, 1.807) is 0 Å². The molecular weight excluding hydrogens is 423 g/mol. The molecule has 1 aromatic carbocycles. The molecule has 2 rings (SSSR count). The van der Waals surface area contributed by atoms with Crippen molar-refractivity contribution in [2.24, 2.45) is 0 Å². The first-order valence-corrected chi connectivity index (χ1v) is 8.43. The molecular formula is C16H15BrF3NO5. The Kier molecular flexibility index (Phi) is 5.64. The van der Waals surface area contributed by atoms with Crippen LogP contribution in [0, 0.1) is 0 Å². The molecule has 0 aliphatic carbocycles. The summed E-state index contributed by atoms with van der Waals surface area (Å²) in [5.41, 5.74) is -2.56. The van der Waals surface area contributed by atoms with Crippen LogP contribution in [-0.2, 0) is 30.3 Å². The van der Waals surface area contributed by atoms with Crippen molar-refractivity contribution in [3.8, 4) is 0 Å². The maximum atomic E-state index is 13.2. The van der Waals surface area contributed by atoms with Gasteiger partial charge >= 0.3 is 24.0 Å². The average Bonchev–Trinajstić information content (AvgIpc) is 2.88. The van der Waals surface area contributed by atoms with Crippen LogP contribution in [0.15, 0.2) is 22.7 Å². The van der Waals surface area contributed by atoms with Gasteiger partial charge in [-0.25, -0.2) is 9.59 Å². The van der Waals surface area contributed by atoms with Gasteiger partial charge in [0.1, 0.15) is 0 Å². The lowest BCUT2D eigenvalue weighted by atomic mass is 9.93. The van der Waals surface area contributed by atoms with Crippen LogP contribution in [0.25, 0.3) is 0 Å². The van der Waals surface area contributed by atoms with Crippen molar-refractivity contribution < 1.29 is 37.0 Å². The first-order valence-electron chi connectivity index (χ1n) is 7.63. The van der Waals surface area contributed by atoms with Crippen molar-refractivity contribution in [3.63, 3.8) is 0 Å². The fourth-order valence-electron chi connectivity index (χ4n) is 2.79. The summed E-state index contributed by atoms with van der Waals surface area (Å²) in [6.07, 6.45) is -5.79. The van der Waals surface area contributed by atoms with E-state index in [1.807, 2.05) is 0 Å².